The van der Waals surface area contributed by atoms with Gasteiger partial charge in [0.15, 0.2) is 0 Å². The number of thiophene rings is 1. The van der Waals surface area contributed by atoms with Crippen molar-refractivity contribution in [2.24, 2.45) is 0 Å². The predicted molar refractivity (Wildman–Crippen MR) is 111 cm³/mol. The van der Waals surface area contributed by atoms with Gasteiger partial charge in [-0.15, -0.1) is 16.2 Å². The number of benzene rings is 1. The molecule has 8 nitrogen and oxygen atoms in total. The Balaban J connectivity index is 1.76. The minimum atomic E-state index is -4.24. The Morgan fingerprint density at radius 2 is 1.86 bits per heavy atom. The van der Waals surface area contributed by atoms with Crippen molar-refractivity contribution in [3.8, 4) is 0 Å². The topological polar surface area (TPSA) is 118 Å². The van der Waals surface area contributed by atoms with Gasteiger partial charge in [-0.1, -0.05) is 24.4 Å². The number of rotatable bonds is 5. The molecule has 0 saturated carbocycles. The lowest BCUT2D eigenvalue weighted by atomic mass is 10.00. The third kappa shape index (κ3) is 4.95. The van der Waals surface area contributed by atoms with Crippen molar-refractivity contribution in [1.82, 2.24) is 10.3 Å². The van der Waals surface area contributed by atoms with E-state index >= 15 is 0 Å². The molecule has 3 rings (SSSR count). The maximum atomic E-state index is 12.5. The highest BCUT2D eigenvalue weighted by Gasteiger charge is 2.24. The monoisotopic (exact) mass is 457 g/mol. The number of hydrogen-bond acceptors (Lipinski definition) is 6. The molecular formula is C18H20ClN3O5S2. The molecule has 0 radical (unpaired) electrons. The van der Waals surface area contributed by atoms with Gasteiger partial charge in [-0.25, -0.2) is 8.42 Å². The van der Waals surface area contributed by atoms with Crippen LogP contribution in [0.3, 0.4) is 0 Å². The van der Waals surface area contributed by atoms with E-state index in [1.54, 1.807) is 0 Å². The summed E-state index contributed by atoms with van der Waals surface area (Å²) in [6.45, 7) is 1.43. The van der Waals surface area contributed by atoms with E-state index in [0.29, 0.717) is 4.88 Å². The quantitative estimate of drug-likeness (QED) is 0.521. The van der Waals surface area contributed by atoms with Gasteiger partial charge >= 0.3 is 0 Å². The Morgan fingerprint density at radius 3 is 2.55 bits per heavy atom. The van der Waals surface area contributed by atoms with Crippen LogP contribution in [0, 0.1) is 17.0 Å². The van der Waals surface area contributed by atoms with Crippen molar-refractivity contribution >= 4 is 44.6 Å². The second kappa shape index (κ2) is 8.78. The summed E-state index contributed by atoms with van der Waals surface area (Å²) in [5.74, 6) is -0.571. The van der Waals surface area contributed by atoms with Crippen molar-refractivity contribution in [2.45, 2.75) is 50.3 Å². The normalized spacial score (nSPS) is 14.6. The minimum Gasteiger partial charge on any atom is -0.273 e. The summed E-state index contributed by atoms with van der Waals surface area (Å²) in [7, 11) is -4.24. The highest BCUT2D eigenvalue weighted by molar-refractivity contribution is 7.89. The van der Waals surface area contributed by atoms with Crippen molar-refractivity contribution in [2.75, 3.05) is 0 Å². The molecule has 11 heteroatoms. The Labute approximate surface area is 177 Å². The Bertz CT molecular complexity index is 1040. The van der Waals surface area contributed by atoms with E-state index in [-0.39, 0.29) is 10.6 Å². The van der Waals surface area contributed by atoms with Gasteiger partial charge in [-0.05, 0) is 50.3 Å². The zero-order valence-corrected chi connectivity index (χ0v) is 18.0. The fourth-order valence-electron chi connectivity index (χ4n) is 3.18. The molecule has 1 aromatic carbocycles. The zero-order valence-electron chi connectivity index (χ0n) is 15.7. The molecule has 0 saturated heterocycles. The Hall–Kier alpha value is -2.01. The third-order valence-electron chi connectivity index (χ3n) is 4.82. The van der Waals surface area contributed by atoms with Crippen molar-refractivity contribution in [3.63, 3.8) is 0 Å². The maximum absolute atomic E-state index is 12.5. The predicted octanol–water partition coefficient (Wildman–Crippen LogP) is 3.90. The van der Waals surface area contributed by atoms with Gasteiger partial charge in [-0.3, -0.25) is 20.3 Å². The molecule has 0 bridgehead atoms. The number of carbonyl (C=O) groups is 1. The van der Waals surface area contributed by atoms with E-state index in [2.05, 4.69) is 5.43 Å². The molecule has 29 heavy (non-hydrogen) atoms. The minimum absolute atomic E-state index is 0.0519. The van der Waals surface area contributed by atoms with Crippen molar-refractivity contribution in [1.29, 1.82) is 0 Å². The van der Waals surface area contributed by atoms with E-state index in [4.69, 9.17) is 11.6 Å². The zero-order chi connectivity index (χ0) is 21.2. The van der Waals surface area contributed by atoms with E-state index in [1.165, 1.54) is 36.0 Å². The maximum Gasteiger partial charge on any atom is 0.276 e. The average molecular weight is 458 g/mol. The van der Waals surface area contributed by atoms with Crippen molar-refractivity contribution < 1.29 is 18.1 Å². The molecule has 2 N–H and O–H groups in total. The molecule has 0 aliphatic heterocycles. The molecule has 0 fully saturated rings. The first-order chi connectivity index (χ1) is 13.7. The van der Waals surface area contributed by atoms with Gasteiger partial charge in [0.2, 0.25) is 0 Å². The van der Waals surface area contributed by atoms with Crippen LogP contribution in [0.4, 0.5) is 5.69 Å². The lowest BCUT2D eigenvalue weighted by molar-refractivity contribution is -0.385. The van der Waals surface area contributed by atoms with E-state index in [1.807, 2.05) is 10.9 Å². The number of nitro benzene ring substituents is 1. The number of halogens is 1. The van der Waals surface area contributed by atoms with Gasteiger partial charge < -0.3 is 0 Å². The van der Waals surface area contributed by atoms with Gasteiger partial charge in [0.1, 0.15) is 0 Å². The lowest BCUT2D eigenvalue weighted by Gasteiger charge is -2.09. The number of nitrogens with zero attached hydrogens (tertiary/aromatic N) is 1. The first kappa shape index (κ1) is 21.7. The summed E-state index contributed by atoms with van der Waals surface area (Å²) in [6, 6.07) is 3.82. The van der Waals surface area contributed by atoms with Crippen LogP contribution in [0.25, 0.3) is 0 Å². The number of nitrogens with one attached hydrogen (secondary N) is 2. The van der Waals surface area contributed by atoms with Gasteiger partial charge in [-0.2, -0.15) is 0 Å². The highest BCUT2D eigenvalue weighted by atomic mass is 35.5. The van der Waals surface area contributed by atoms with Crippen LogP contribution in [-0.4, -0.2) is 19.2 Å². The molecule has 2 aromatic rings. The SMILES string of the molecule is Cc1c(Cl)cc(S(=O)(=O)NNC(=O)c2cc3c(s2)CCCCCC3)cc1[N+](=O)[O-]. The Morgan fingerprint density at radius 1 is 1.17 bits per heavy atom. The van der Waals surface area contributed by atoms with Crippen LogP contribution in [0.15, 0.2) is 23.1 Å². The number of hydrazine groups is 1. The summed E-state index contributed by atoms with van der Waals surface area (Å²) in [5, 5.41) is 11.1. The summed E-state index contributed by atoms with van der Waals surface area (Å²) in [4.78, 5) is 26.0. The number of hydrogen-bond donors (Lipinski definition) is 2. The molecular weight excluding hydrogens is 438 g/mol. The fraction of sp³-hybridized carbons (Fsp3) is 0.389. The van der Waals surface area contributed by atoms with Crippen LogP contribution >= 0.6 is 22.9 Å². The number of aryl methyl sites for hydroxylation is 2. The molecule has 1 aromatic heterocycles. The summed E-state index contributed by atoms with van der Waals surface area (Å²) < 4.78 is 25.0. The fourth-order valence-corrected chi connectivity index (χ4v) is 5.49. The molecule has 1 aliphatic carbocycles. The summed E-state index contributed by atoms with van der Waals surface area (Å²) >= 11 is 7.30. The average Bonchev–Trinajstić information content (AvgIpc) is 3.03. The standard InChI is InChI=1S/C18H20ClN3O5S2/c1-11-14(19)9-13(10-15(11)22(24)25)29(26,27)21-20-18(23)17-8-12-6-4-2-3-5-7-16(12)28-17/h8-10,21H,2-7H2,1H3,(H,20,23). The summed E-state index contributed by atoms with van der Waals surface area (Å²) in [6.07, 6.45) is 6.32. The lowest BCUT2D eigenvalue weighted by Crippen LogP contribution is -2.41. The van der Waals surface area contributed by atoms with Crippen LogP contribution in [0.2, 0.25) is 5.02 Å². The third-order valence-corrected chi connectivity index (χ3v) is 7.67. The first-order valence-corrected chi connectivity index (χ1v) is 11.7. The van der Waals surface area contributed by atoms with Crippen LogP contribution in [-0.2, 0) is 22.9 Å². The van der Waals surface area contributed by atoms with Gasteiger partial charge in [0, 0.05) is 16.5 Å². The van der Waals surface area contributed by atoms with Crippen LogP contribution in [0.5, 0.6) is 0 Å². The number of carbonyl (C=O) groups excluding carboxylic acids is 1. The second-order valence-electron chi connectivity index (χ2n) is 6.84. The number of fused-ring (bicyclic) bond motifs is 1. The smallest absolute Gasteiger partial charge is 0.273 e. The molecule has 0 atom stereocenters. The second-order valence-corrected chi connectivity index (χ2v) is 10.1. The van der Waals surface area contributed by atoms with E-state index < -0.39 is 31.4 Å². The van der Waals surface area contributed by atoms with Crippen LogP contribution < -0.4 is 10.3 Å². The van der Waals surface area contributed by atoms with Gasteiger partial charge in [0.05, 0.1) is 19.7 Å². The van der Waals surface area contributed by atoms with Gasteiger partial charge in [0.25, 0.3) is 21.6 Å². The number of amides is 1. The molecule has 156 valence electrons. The largest absolute Gasteiger partial charge is 0.276 e. The number of nitro groups is 1. The molecule has 0 unspecified atom stereocenters. The number of sulfonamides is 1. The van der Waals surface area contributed by atoms with E-state index in [0.717, 1.165) is 43.4 Å². The molecule has 1 amide bonds. The first-order valence-electron chi connectivity index (χ1n) is 9.07. The molecule has 1 aliphatic rings. The Kier molecular flexibility index (Phi) is 6.57. The molecule has 1 heterocycles. The van der Waals surface area contributed by atoms with E-state index in [9.17, 15) is 23.3 Å². The van der Waals surface area contributed by atoms with Crippen LogP contribution in [0.1, 0.15) is 51.4 Å². The van der Waals surface area contributed by atoms with Crippen molar-refractivity contribution in [3.05, 3.63) is 54.2 Å². The highest BCUT2D eigenvalue weighted by Crippen LogP contribution is 2.30. The summed E-state index contributed by atoms with van der Waals surface area (Å²) in [5.41, 5.74) is 3.07. The molecule has 0 spiro atoms.